The SMILES string of the molecule is CC[C@@H](NC(=O)Cn1cnc2ccccc2c1=O)c1nc(C)c(C)s1. The van der Waals surface area contributed by atoms with E-state index in [1.165, 1.54) is 10.9 Å². The number of carbonyl (C=O) groups is 1. The lowest BCUT2D eigenvalue weighted by molar-refractivity contribution is -0.122. The van der Waals surface area contributed by atoms with Crippen molar-refractivity contribution < 1.29 is 4.79 Å². The van der Waals surface area contributed by atoms with Crippen LogP contribution in [0.2, 0.25) is 0 Å². The Morgan fingerprint density at radius 2 is 2.08 bits per heavy atom. The van der Waals surface area contributed by atoms with Gasteiger partial charge in [0.25, 0.3) is 5.56 Å². The number of hydrogen-bond acceptors (Lipinski definition) is 5. The highest BCUT2D eigenvalue weighted by Gasteiger charge is 2.18. The normalized spacial score (nSPS) is 12.3. The number of hydrogen-bond donors (Lipinski definition) is 1. The number of amides is 1. The van der Waals surface area contributed by atoms with Crippen molar-refractivity contribution in [2.24, 2.45) is 0 Å². The second kappa shape index (κ2) is 7.14. The van der Waals surface area contributed by atoms with Crippen LogP contribution in [0.4, 0.5) is 0 Å². The lowest BCUT2D eigenvalue weighted by Gasteiger charge is -2.15. The molecular formula is C18H20N4O2S. The summed E-state index contributed by atoms with van der Waals surface area (Å²) in [5, 5.41) is 4.38. The first-order valence-electron chi connectivity index (χ1n) is 8.17. The minimum atomic E-state index is -0.225. The van der Waals surface area contributed by atoms with E-state index in [1.807, 2.05) is 26.8 Å². The molecule has 130 valence electrons. The molecule has 1 N–H and O–H groups in total. The Hall–Kier alpha value is -2.54. The topological polar surface area (TPSA) is 76.9 Å². The van der Waals surface area contributed by atoms with Gasteiger partial charge in [0.1, 0.15) is 11.6 Å². The fourth-order valence-corrected chi connectivity index (χ4v) is 3.66. The Bertz CT molecular complexity index is 957. The summed E-state index contributed by atoms with van der Waals surface area (Å²) in [7, 11) is 0. The standard InChI is InChI=1S/C18H20N4O2S/c1-4-14(17-20-11(2)12(3)25-17)21-16(23)9-22-10-19-15-8-6-5-7-13(15)18(22)24/h5-8,10,14H,4,9H2,1-3H3,(H,21,23)/t14-/m1/s1. The number of fused-ring (bicyclic) bond motifs is 1. The maximum Gasteiger partial charge on any atom is 0.261 e. The van der Waals surface area contributed by atoms with Crippen LogP contribution in [0.3, 0.4) is 0 Å². The van der Waals surface area contributed by atoms with Crippen LogP contribution < -0.4 is 10.9 Å². The van der Waals surface area contributed by atoms with Crippen LogP contribution in [-0.2, 0) is 11.3 Å². The smallest absolute Gasteiger partial charge is 0.261 e. The van der Waals surface area contributed by atoms with Gasteiger partial charge in [-0.15, -0.1) is 11.3 Å². The predicted octanol–water partition coefficient (Wildman–Crippen LogP) is 2.74. The van der Waals surface area contributed by atoms with Gasteiger partial charge in [-0.1, -0.05) is 19.1 Å². The van der Waals surface area contributed by atoms with Gasteiger partial charge in [-0.2, -0.15) is 0 Å². The molecule has 0 aliphatic carbocycles. The lowest BCUT2D eigenvalue weighted by Crippen LogP contribution is -2.34. The Balaban J connectivity index is 1.78. The molecular weight excluding hydrogens is 336 g/mol. The van der Waals surface area contributed by atoms with E-state index in [0.29, 0.717) is 10.9 Å². The molecule has 0 bridgehead atoms. The molecule has 0 saturated heterocycles. The number of nitrogens with one attached hydrogen (secondary N) is 1. The Morgan fingerprint density at radius 3 is 2.76 bits per heavy atom. The van der Waals surface area contributed by atoms with E-state index in [9.17, 15) is 9.59 Å². The summed E-state index contributed by atoms with van der Waals surface area (Å²) in [6, 6.07) is 6.97. The van der Waals surface area contributed by atoms with Gasteiger partial charge in [0.05, 0.1) is 29.0 Å². The highest BCUT2D eigenvalue weighted by molar-refractivity contribution is 7.11. The van der Waals surface area contributed by atoms with Gasteiger partial charge in [-0.25, -0.2) is 9.97 Å². The van der Waals surface area contributed by atoms with E-state index in [4.69, 9.17) is 0 Å². The quantitative estimate of drug-likeness (QED) is 0.762. The third-order valence-corrected chi connectivity index (χ3v) is 5.32. The van der Waals surface area contributed by atoms with Gasteiger partial charge in [-0.3, -0.25) is 14.2 Å². The van der Waals surface area contributed by atoms with Gasteiger partial charge in [0.2, 0.25) is 5.91 Å². The molecule has 0 radical (unpaired) electrons. The Morgan fingerprint density at radius 1 is 1.32 bits per heavy atom. The summed E-state index contributed by atoms with van der Waals surface area (Å²) in [5.41, 5.74) is 1.40. The van der Waals surface area contributed by atoms with Crippen LogP contribution >= 0.6 is 11.3 Å². The average molecular weight is 356 g/mol. The number of benzene rings is 1. The molecule has 25 heavy (non-hydrogen) atoms. The molecule has 0 spiro atoms. The maximum atomic E-state index is 12.5. The molecule has 0 aliphatic rings. The fraction of sp³-hybridized carbons (Fsp3) is 0.333. The third-order valence-electron chi connectivity index (χ3n) is 4.13. The van der Waals surface area contributed by atoms with Gasteiger partial charge >= 0.3 is 0 Å². The van der Waals surface area contributed by atoms with Crippen molar-refractivity contribution in [3.05, 3.63) is 56.5 Å². The number of carbonyl (C=O) groups excluding carboxylic acids is 1. The molecule has 0 aliphatic heterocycles. The van der Waals surface area contributed by atoms with Gasteiger partial charge in [0.15, 0.2) is 0 Å². The fourth-order valence-electron chi connectivity index (χ4n) is 2.60. The van der Waals surface area contributed by atoms with Crippen LogP contribution in [0.25, 0.3) is 10.9 Å². The minimum Gasteiger partial charge on any atom is -0.345 e. The molecule has 2 heterocycles. The molecule has 7 heteroatoms. The Kier molecular flexibility index (Phi) is 4.94. The van der Waals surface area contributed by atoms with Crippen molar-refractivity contribution in [1.82, 2.24) is 19.9 Å². The molecule has 3 rings (SSSR count). The number of para-hydroxylation sites is 1. The number of aryl methyl sites for hydroxylation is 2. The predicted molar refractivity (Wildman–Crippen MR) is 98.8 cm³/mol. The number of thiazole rings is 1. The minimum absolute atomic E-state index is 0.0590. The zero-order valence-electron chi connectivity index (χ0n) is 14.4. The van der Waals surface area contributed by atoms with Gasteiger partial charge in [0, 0.05) is 4.88 Å². The van der Waals surface area contributed by atoms with E-state index in [-0.39, 0.29) is 24.1 Å². The first kappa shape index (κ1) is 17.3. The molecule has 6 nitrogen and oxygen atoms in total. The molecule has 0 fully saturated rings. The third kappa shape index (κ3) is 3.61. The van der Waals surface area contributed by atoms with Crippen LogP contribution in [0, 0.1) is 13.8 Å². The van der Waals surface area contributed by atoms with Crippen molar-refractivity contribution in [3.8, 4) is 0 Å². The highest BCUT2D eigenvalue weighted by atomic mass is 32.1. The van der Waals surface area contributed by atoms with Crippen molar-refractivity contribution in [2.45, 2.75) is 39.8 Å². The van der Waals surface area contributed by atoms with Crippen LogP contribution in [0.5, 0.6) is 0 Å². The van der Waals surface area contributed by atoms with E-state index in [2.05, 4.69) is 15.3 Å². The lowest BCUT2D eigenvalue weighted by atomic mass is 10.2. The average Bonchev–Trinajstić information content (AvgIpc) is 2.94. The number of rotatable bonds is 5. The zero-order valence-corrected chi connectivity index (χ0v) is 15.3. The summed E-state index contributed by atoms with van der Waals surface area (Å²) < 4.78 is 1.34. The summed E-state index contributed by atoms with van der Waals surface area (Å²) >= 11 is 1.59. The van der Waals surface area contributed by atoms with E-state index in [0.717, 1.165) is 22.0 Å². The van der Waals surface area contributed by atoms with Crippen molar-refractivity contribution in [3.63, 3.8) is 0 Å². The second-order valence-corrected chi connectivity index (χ2v) is 7.15. The summed E-state index contributed by atoms with van der Waals surface area (Å²) in [4.78, 5) is 34.8. The second-order valence-electron chi connectivity index (χ2n) is 5.92. The number of aromatic nitrogens is 3. The first-order valence-corrected chi connectivity index (χ1v) is 8.98. The summed E-state index contributed by atoms with van der Waals surface area (Å²) in [6.07, 6.45) is 2.16. The van der Waals surface area contributed by atoms with Crippen LogP contribution in [0.1, 0.15) is 35.0 Å². The summed E-state index contributed by atoms with van der Waals surface area (Å²) in [6.45, 7) is 5.92. The molecule has 1 atom stereocenters. The van der Waals surface area contributed by atoms with E-state index in [1.54, 1.807) is 29.5 Å². The molecule has 3 aromatic rings. The van der Waals surface area contributed by atoms with Crippen LogP contribution in [0.15, 0.2) is 35.4 Å². The van der Waals surface area contributed by atoms with Gasteiger partial charge < -0.3 is 5.32 Å². The van der Waals surface area contributed by atoms with Crippen molar-refractivity contribution in [2.75, 3.05) is 0 Å². The Labute approximate surface area is 149 Å². The highest BCUT2D eigenvalue weighted by Crippen LogP contribution is 2.24. The molecule has 1 aromatic carbocycles. The molecule has 0 unspecified atom stereocenters. The number of nitrogens with zero attached hydrogens (tertiary/aromatic N) is 3. The first-order chi connectivity index (χ1) is 12.0. The maximum absolute atomic E-state index is 12.5. The summed E-state index contributed by atoms with van der Waals surface area (Å²) in [5.74, 6) is -0.225. The van der Waals surface area contributed by atoms with Crippen LogP contribution in [-0.4, -0.2) is 20.4 Å². The van der Waals surface area contributed by atoms with Crippen molar-refractivity contribution >= 4 is 28.1 Å². The monoisotopic (exact) mass is 356 g/mol. The molecule has 2 aromatic heterocycles. The van der Waals surface area contributed by atoms with Gasteiger partial charge in [-0.05, 0) is 32.4 Å². The van der Waals surface area contributed by atoms with Crippen molar-refractivity contribution in [1.29, 1.82) is 0 Å². The van der Waals surface area contributed by atoms with E-state index >= 15 is 0 Å². The largest absolute Gasteiger partial charge is 0.345 e. The molecule has 0 saturated carbocycles. The zero-order chi connectivity index (χ0) is 18.0. The van der Waals surface area contributed by atoms with E-state index < -0.39 is 0 Å². The molecule has 1 amide bonds.